The molecule has 0 fully saturated rings. The fourth-order valence-electron chi connectivity index (χ4n) is 1.86. The molecule has 3 N–H and O–H groups in total. The molecule has 0 spiro atoms. The van der Waals surface area contributed by atoms with E-state index >= 15 is 0 Å². The van der Waals surface area contributed by atoms with Gasteiger partial charge in [-0.2, -0.15) is 0 Å². The van der Waals surface area contributed by atoms with Crippen molar-refractivity contribution >= 4 is 29.9 Å². The summed E-state index contributed by atoms with van der Waals surface area (Å²) in [6.45, 7) is 11.7. The molecule has 19 heavy (non-hydrogen) atoms. The highest BCUT2D eigenvalue weighted by molar-refractivity contribution is 14.0. The number of halogens is 1. The van der Waals surface area contributed by atoms with E-state index in [1.54, 1.807) is 0 Å². The lowest BCUT2D eigenvalue weighted by Crippen LogP contribution is -2.32. The van der Waals surface area contributed by atoms with Gasteiger partial charge in [0.2, 0.25) is 0 Å². The van der Waals surface area contributed by atoms with Crippen LogP contribution in [0.3, 0.4) is 0 Å². The van der Waals surface area contributed by atoms with Gasteiger partial charge in [-0.05, 0) is 32.5 Å². The first-order valence-corrected chi connectivity index (χ1v) is 7.50. The van der Waals surface area contributed by atoms with Crippen molar-refractivity contribution in [1.82, 2.24) is 10.2 Å². The molecule has 116 valence electrons. The summed E-state index contributed by atoms with van der Waals surface area (Å²) in [5.74, 6) is 0.603. The van der Waals surface area contributed by atoms with Gasteiger partial charge < -0.3 is 16.0 Å². The summed E-state index contributed by atoms with van der Waals surface area (Å²) in [5.41, 5.74) is 5.80. The molecule has 0 heterocycles. The number of nitrogens with one attached hydrogen (secondary N) is 1. The maximum Gasteiger partial charge on any atom is 0.188 e. The molecule has 4 nitrogen and oxygen atoms in total. The minimum absolute atomic E-state index is 0. The van der Waals surface area contributed by atoms with E-state index in [1.165, 1.54) is 25.7 Å². The Labute approximate surface area is 136 Å². The van der Waals surface area contributed by atoms with Gasteiger partial charge in [-0.15, -0.1) is 24.0 Å². The van der Waals surface area contributed by atoms with Gasteiger partial charge in [0.1, 0.15) is 0 Å². The Bertz CT molecular complexity index is 206. The number of hydrogen-bond donors (Lipinski definition) is 2. The van der Waals surface area contributed by atoms with Crippen LogP contribution in [0.5, 0.6) is 0 Å². The molecule has 0 aliphatic rings. The summed E-state index contributed by atoms with van der Waals surface area (Å²) in [4.78, 5) is 6.75. The van der Waals surface area contributed by atoms with Crippen molar-refractivity contribution in [3.63, 3.8) is 0 Å². The number of rotatable bonds is 11. The highest BCUT2D eigenvalue weighted by Crippen LogP contribution is 1.96. The summed E-state index contributed by atoms with van der Waals surface area (Å²) >= 11 is 0. The molecular weight excluding hydrogens is 351 g/mol. The largest absolute Gasteiger partial charge is 0.370 e. The maximum atomic E-state index is 5.80. The first kappa shape index (κ1) is 21.3. The van der Waals surface area contributed by atoms with Crippen molar-refractivity contribution in [3.05, 3.63) is 0 Å². The fraction of sp³-hybridized carbons (Fsp3) is 0.929. The standard InChI is InChI=1S/C14H32N4.HI/c1-4-7-8-9-11-16-14(15)17-12-10-13-18(5-2)6-3;/h4-13H2,1-3H3,(H3,15,16,17);1H. The second-order valence-electron chi connectivity index (χ2n) is 4.63. The fourth-order valence-corrected chi connectivity index (χ4v) is 1.86. The van der Waals surface area contributed by atoms with Crippen LogP contribution < -0.4 is 11.1 Å². The molecule has 0 radical (unpaired) electrons. The quantitative estimate of drug-likeness (QED) is 0.249. The van der Waals surface area contributed by atoms with Gasteiger partial charge in [-0.3, -0.25) is 4.99 Å². The van der Waals surface area contributed by atoms with E-state index in [2.05, 4.69) is 36.0 Å². The van der Waals surface area contributed by atoms with Gasteiger partial charge in [-0.25, -0.2) is 0 Å². The molecule has 0 aromatic heterocycles. The van der Waals surface area contributed by atoms with Gasteiger partial charge in [-0.1, -0.05) is 40.0 Å². The molecule has 0 unspecified atom stereocenters. The van der Waals surface area contributed by atoms with Crippen molar-refractivity contribution in [3.8, 4) is 0 Å². The molecule has 0 aliphatic carbocycles. The average molecular weight is 384 g/mol. The van der Waals surface area contributed by atoms with Crippen molar-refractivity contribution < 1.29 is 0 Å². The maximum absolute atomic E-state index is 5.80. The number of nitrogens with two attached hydrogens (primary N) is 1. The molecule has 0 bridgehead atoms. The monoisotopic (exact) mass is 384 g/mol. The molecule has 0 saturated carbocycles. The van der Waals surface area contributed by atoms with Crippen LogP contribution in [-0.4, -0.2) is 43.6 Å². The number of nitrogens with zero attached hydrogens (tertiary/aromatic N) is 2. The molecule has 0 atom stereocenters. The summed E-state index contributed by atoms with van der Waals surface area (Å²) in [5, 5.41) is 3.17. The molecular formula is C14H33IN4. The second kappa shape index (κ2) is 16.0. The van der Waals surface area contributed by atoms with Gasteiger partial charge >= 0.3 is 0 Å². The Morgan fingerprint density at radius 3 is 2.32 bits per heavy atom. The van der Waals surface area contributed by atoms with E-state index in [0.717, 1.165) is 39.1 Å². The molecule has 0 aromatic rings. The lowest BCUT2D eigenvalue weighted by molar-refractivity contribution is 0.302. The van der Waals surface area contributed by atoms with Gasteiger partial charge in [0.25, 0.3) is 0 Å². The van der Waals surface area contributed by atoms with E-state index in [9.17, 15) is 0 Å². The van der Waals surface area contributed by atoms with Crippen LogP contribution >= 0.6 is 24.0 Å². The first-order valence-electron chi connectivity index (χ1n) is 7.50. The van der Waals surface area contributed by atoms with Gasteiger partial charge in [0, 0.05) is 13.1 Å². The normalized spacial score (nSPS) is 11.5. The van der Waals surface area contributed by atoms with Crippen molar-refractivity contribution in [2.24, 2.45) is 10.7 Å². The third kappa shape index (κ3) is 14.2. The third-order valence-corrected chi connectivity index (χ3v) is 3.15. The van der Waals surface area contributed by atoms with Crippen molar-refractivity contribution in [2.75, 3.05) is 32.7 Å². The van der Waals surface area contributed by atoms with Gasteiger partial charge in [0.05, 0.1) is 0 Å². The minimum Gasteiger partial charge on any atom is -0.370 e. The predicted octanol–water partition coefficient (Wildman–Crippen LogP) is 2.82. The van der Waals surface area contributed by atoms with Crippen LogP contribution in [0, 0.1) is 0 Å². The highest BCUT2D eigenvalue weighted by Gasteiger charge is 1.97. The van der Waals surface area contributed by atoms with Gasteiger partial charge in [0.15, 0.2) is 5.96 Å². The van der Waals surface area contributed by atoms with Crippen LogP contribution in [0.4, 0.5) is 0 Å². The number of guanidine groups is 1. The lowest BCUT2D eigenvalue weighted by atomic mass is 10.2. The Hall–Kier alpha value is -0.0400. The number of aliphatic imine (C=N–C) groups is 1. The highest BCUT2D eigenvalue weighted by atomic mass is 127. The zero-order valence-electron chi connectivity index (χ0n) is 13.0. The van der Waals surface area contributed by atoms with Crippen LogP contribution in [0.25, 0.3) is 0 Å². The van der Waals surface area contributed by atoms with Crippen molar-refractivity contribution in [1.29, 1.82) is 0 Å². The number of hydrogen-bond acceptors (Lipinski definition) is 2. The van der Waals surface area contributed by atoms with E-state index in [1.807, 2.05) is 0 Å². The van der Waals surface area contributed by atoms with Crippen LogP contribution in [0.1, 0.15) is 52.9 Å². The zero-order valence-corrected chi connectivity index (χ0v) is 15.3. The minimum atomic E-state index is 0. The van der Waals surface area contributed by atoms with E-state index < -0.39 is 0 Å². The first-order chi connectivity index (χ1) is 8.74. The molecule has 0 rings (SSSR count). The molecule has 0 saturated heterocycles. The van der Waals surface area contributed by atoms with Crippen LogP contribution in [0.15, 0.2) is 4.99 Å². The Kier molecular flexibility index (Phi) is 17.9. The average Bonchev–Trinajstić information content (AvgIpc) is 2.39. The predicted molar refractivity (Wildman–Crippen MR) is 96.5 cm³/mol. The summed E-state index contributed by atoms with van der Waals surface area (Å²) < 4.78 is 0. The summed E-state index contributed by atoms with van der Waals surface area (Å²) in [7, 11) is 0. The molecule has 0 amide bonds. The summed E-state index contributed by atoms with van der Waals surface area (Å²) in [6, 6.07) is 0. The van der Waals surface area contributed by atoms with Crippen LogP contribution in [0.2, 0.25) is 0 Å². The Morgan fingerprint density at radius 1 is 1.05 bits per heavy atom. The molecule has 0 aromatic carbocycles. The van der Waals surface area contributed by atoms with E-state index in [0.29, 0.717) is 5.96 Å². The Morgan fingerprint density at radius 2 is 1.74 bits per heavy atom. The van der Waals surface area contributed by atoms with Crippen LogP contribution in [-0.2, 0) is 0 Å². The van der Waals surface area contributed by atoms with E-state index in [-0.39, 0.29) is 24.0 Å². The van der Waals surface area contributed by atoms with E-state index in [4.69, 9.17) is 5.73 Å². The molecule has 5 heteroatoms. The zero-order chi connectivity index (χ0) is 13.6. The number of unbranched alkanes of at least 4 members (excludes halogenated alkanes) is 3. The Balaban J connectivity index is 0. The SMILES string of the molecule is CCCCCCNC(N)=NCCCN(CC)CC.I. The summed E-state index contributed by atoms with van der Waals surface area (Å²) in [6.07, 6.45) is 6.12. The smallest absolute Gasteiger partial charge is 0.188 e. The third-order valence-electron chi connectivity index (χ3n) is 3.15. The lowest BCUT2D eigenvalue weighted by Gasteiger charge is -2.16. The second-order valence-corrected chi connectivity index (χ2v) is 4.63. The van der Waals surface area contributed by atoms with Crippen molar-refractivity contribution in [2.45, 2.75) is 52.9 Å². The topological polar surface area (TPSA) is 53.6 Å². The molecule has 0 aliphatic heterocycles.